The number of aromatic hydroxyl groups is 1. The summed E-state index contributed by atoms with van der Waals surface area (Å²) in [5.74, 6) is -0.131. The molecule has 1 heterocycles. The Kier molecular flexibility index (Phi) is 5.43. The van der Waals surface area contributed by atoms with Crippen LogP contribution in [0.2, 0.25) is 5.02 Å². The number of halogens is 2. The van der Waals surface area contributed by atoms with E-state index in [2.05, 4.69) is 4.98 Å². The van der Waals surface area contributed by atoms with Crippen LogP contribution in [0, 0.1) is 10.1 Å². The van der Waals surface area contributed by atoms with Crippen molar-refractivity contribution in [2.75, 3.05) is 0 Å². The number of nitro benzene ring substituents is 1. The van der Waals surface area contributed by atoms with Gasteiger partial charge in [0.05, 0.1) is 15.3 Å². The maximum Gasteiger partial charge on any atom is 0.314 e. The normalized spacial score (nSPS) is 10.2. The van der Waals surface area contributed by atoms with Crippen molar-refractivity contribution in [2.45, 2.75) is 6.61 Å². The van der Waals surface area contributed by atoms with Crippen molar-refractivity contribution in [1.82, 2.24) is 4.98 Å². The van der Waals surface area contributed by atoms with E-state index in [0.717, 1.165) is 11.6 Å². The van der Waals surface area contributed by atoms with Crippen LogP contribution in [-0.2, 0) is 6.61 Å². The van der Waals surface area contributed by atoms with Crippen molar-refractivity contribution in [3.8, 4) is 11.5 Å². The predicted octanol–water partition coefficient (Wildman–Crippen LogP) is 4.50. The van der Waals surface area contributed by atoms with Crippen LogP contribution in [0.5, 0.6) is 11.5 Å². The van der Waals surface area contributed by atoms with E-state index in [0.29, 0.717) is 17.7 Å². The SMILES string of the molecule is Cl.O=[N+]([O-])c1cc(Cl)c2c(OCc3ccccc3)ccnc2c1O. The van der Waals surface area contributed by atoms with Crippen LogP contribution in [0.3, 0.4) is 0 Å². The summed E-state index contributed by atoms with van der Waals surface area (Å²) >= 11 is 6.13. The Morgan fingerprint density at radius 2 is 1.96 bits per heavy atom. The second kappa shape index (κ2) is 7.33. The van der Waals surface area contributed by atoms with Crippen molar-refractivity contribution in [2.24, 2.45) is 0 Å². The Labute approximate surface area is 148 Å². The Balaban J connectivity index is 0.00000208. The zero-order chi connectivity index (χ0) is 16.4. The quantitative estimate of drug-likeness (QED) is 0.542. The van der Waals surface area contributed by atoms with Crippen LogP contribution in [0.15, 0.2) is 48.7 Å². The lowest BCUT2D eigenvalue weighted by molar-refractivity contribution is -0.385. The van der Waals surface area contributed by atoms with Gasteiger partial charge in [0, 0.05) is 12.3 Å². The highest BCUT2D eigenvalue weighted by molar-refractivity contribution is 6.36. The molecule has 2 aromatic carbocycles. The average molecular weight is 367 g/mol. The third-order valence-corrected chi connectivity index (χ3v) is 3.61. The molecule has 0 aliphatic rings. The zero-order valence-corrected chi connectivity index (χ0v) is 13.8. The molecule has 0 saturated carbocycles. The van der Waals surface area contributed by atoms with Gasteiger partial charge in [0.25, 0.3) is 0 Å². The molecule has 0 radical (unpaired) electrons. The second-order valence-electron chi connectivity index (χ2n) is 4.79. The van der Waals surface area contributed by atoms with Gasteiger partial charge in [0.2, 0.25) is 5.75 Å². The Morgan fingerprint density at radius 1 is 1.25 bits per heavy atom. The molecule has 0 amide bonds. The summed E-state index contributed by atoms with van der Waals surface area (Å²) in [6.07, 6.45) is 1.41. The van der Waals surface area contributed by atoms with Gasteiger partial charge in [-0.05, 0) is 11.6 Å². The van der Waals surface area contributed by atoms with Gasteiger partial charge < -0.3 is 9.84 Å². The monoisotopic (exact) mass is 366 g/mol. The molecular formula is C16H12Cl2N2O4. The molecule has 0 aliphatic carbocycles. The van der Waals surface area contributed by atoms with Crippen molar-refractivity contribution in [3.05, 3.63) is 69.4 Å². The minimum absolute atomic E-state index is 0. The number of ether oxygens (including phenoxy) is 1. The molecule has 124 valence electrons. The van der Waals surface area contributed by atoms with Gasteiger partial charge in [-0.2, -0.15) is 0 Å². The zero-order valence-electron chi connectivity index (χ0n) is 12.2. The molecular weight excluding hydrogens is 355 g/mol. The van der Waals surface area contributed by atoms with Crippen LogP contribution in [-0.4, -0.2) is 15.0 Å². The van der Waals surface area contributed by atoms with Crippen LogP contribution in [0.4, 0.5) is 5.69 Å². The lowest BCUT2D eigenvalue weighted by Crippen LogP contribution is -1.98. The van der Waals surface area contributed by atoms with Crippen LogP contribution in [0.25, 0.3) is 10.9 Å². The number of benzene rings is 2. The maximum absolute atomic E-state index is 10.9. The number of fused-ring (bicyclic) bond motifs is 1. The molecule has 1 N–H and O–H groups in total. The average Bonchev–Trinajstić information content (AvgIpc) is 2.56. The van der Waals surface area contributed by atoms with Gasteiger partial charge in [-0.25, -0.2) is 0 Å². The number of phenols is 1. The highest BCUT2D eigenvalue weighted by Crippen LogP contribution is 2.41. The molecule has 0 aliphatic heterocycles. The number of aromatic nitrogens is 1. The first-order chi connectivity index (χ1) is 11.1. The summed E-state index contributed by atoms with van der Waals surface area (Å²) < 4.78 is 5.74. The van der Waals surface area contributed by atoms with Gasteiger partial charge in [0.15, 0.2) is 0 Å². The molecule has 0 saturated heterocycles. The van der Waals surface area contributed by atoms with Gasteiger partial charge in [-0.15, -0.1) is 12.4 Å². The topological polar surface area (TPSA) is 85.5 Å². The predicted molar refractivity (Wildman–Crippen MR) is 93.1 cm³/mol. The second-order valence-corrected chi connectivity index (χ2v) is 5.20. The molecule has 1 aromatic heterocycles. The molecule has 8 heteroatoms. The van der Waals surface area contributed by atoms with Crippen molar-refractivity contribution in [1.29, 1.82) is 0 Å². The summed E-state index contributed by atoms with van der Waals surface area (Å²) in [6.45, 7) is 0.300. The van der Waals surface area contributed by atoms with Crippen LogP contribution >= 0.6 is 24.0 Å². The summed E-state index contributed by atoms with van der Waals surface area (Å²) in [7, 11) is 0. The number of rotatable bonds is 4. The molecule has 24 heavy (non-hydrogen) atoms. The minimum atomic E-state index is -0.708. The number of nitrogens with zero attached hydrogens (tertiary/aromatic N) is 2. The van der Waals surface area contributed by atoms with E-state index in [1.807, 2.05) is 30.3 Å². The van der Waals surface area contributed by atoms with Gasteiger partial charge >= 0.3 is 5.69 Å². The molecule has 0 unspecified atom stereocenters. The van der Waals surface area contributed by atoms with E-state index >= 15 is 0 Å². The number of hydrogen-bond acceptors (Lipinski definition) is 5. The highest BCUT2D eigenvalue weighted by atomic mass is 35.5. The fraction of sp³-hybridized carbons (Fsp3) is 0.0625. The Bertz CT molecular complexity index is 888. The number of hydrogen-bond donors (Lipinski definition) is 1. The van der Waals surface area contributed by atoms with E-state index in [1.54, 1.807) is 6.07 Å². The van der Waals surface area contributed by atoms with E-state index in [1.165, 1.54) is 6.20 Å². The van der Waals surface area contributed by atoms with E-state index in [9.17, 15) is 15.2 Å². The number of phenolic OH excluding ortho intramolecular Hbond substituents is 1. The Hall–Kier alpha value is -2.57. The lowest BCUT2D eigenvalue weighted by atomic mass is 10.1. The van der Waals surface area contributed by atoms with E-state index < -0.39 is 16.4 Å². The Morgan fingerprint density at radius 3 is 2.62 bits per heavy atom. The molecule has 3 aromatic rings. The first-order valence-corrected chi connectivity index (χ1v) is 7.07. The maximum atomic E-state index is 10.9. The molecule has 3 rings (SSSR count). The first-order valence-electron chi connectivity index (χ1n) is 6.69. The highest BCUT2D eigenvalue weighted by Gasteiger charge is 2.22. The fourth-order valence-corrected chi connectivity index (χ4v) is 2.52. The van der Waals surface area contributed by atoms with Crippen molar-refractivity contribution < 1.29 is 14.8 Å². The molecule has 0 bridgehead atoms. The standard InChI is InChI=1S/C16H11ClN2O4.ClH/c17-11-8-12(19(21)22)16(20)15-14(11)13(6-7-18-15)23-9-10-4-2-1-3-5-10;/h1-8,20H,9H2;1H. The molecule has 0 spiro atoms. The summed E-state index contributed by atoms with van der Waals surface area (Å²) in [5, 5.41) is 21.4. The third kappa shape index (κ3) is 3.34. The summed E-state index contributed by atoms with van der Waals surface area (Å²) in [5.41, 5.74) is 0.504. The summed E-state index contributed by atoms with van der Waals surface area (Å²) in [6, 6.07) is 12.2. The van der Waals surface area contributed by atoms with Gasteiger partial charge in [-0.3, -0.25) is 15.1 Å². The van der Waals surface area contributed by atoms with Crippen LogP contribution in [0.1, 0.15) is 5.56 Å². The summed E-state index contributed by atoms with van der Waals surface area (Å²) in [4.78, 5) is 14.2. The molecule has 6 nitrogen and oxygen atoms in total. The van der Waals surface area contributed by atoms with Crippen molar-refractivity contribution >= 4 is 40.6 Å². The number of nitro groups is 1. The third-order valence-electron chi connectivity index (χ3n) is 3.32. The van der Waals surface area contributed by atoms with E-state index in [-0.39, 0.29) is 22.9 Å². The smallest absolute Gasteiger partial charge is 0.314 e. The first kappa shape index (κ1) is 17.8. The largest absolute Gasteiger partial charge is 0.501 e. The van der Waals surface area contributed by atoms with Crippen LogP contribution < -0.4 is 4.74 Å². The van der Waals surface area contributed by atoms with E-state index in [4.69, 9.17) is 16.3 Å². The van der Waals surface area contributed by atoms with Gasteiger partial charge in [-0.1, -0.05) is 41.9 Å². The lowest BCUT2D eigenvalue weighted by Gasteiger charge is -2.11. The van der Waals surface area contributed by atoms with Gasteiger partial charge in [0.1, 0.15) is 17.9 Å². The van der Waals surface area contributed by atoms with Crippen molar-refractivity contribution in [3.63, 3.8) is 0 Å². The number of pyridine rings is 1. The molecule has 0 fully saturated rings. The minimum Gasteiger partial charge on any atom is -0.501 e. The molecule has 0 atom stereocenters. The fourth-order valence-electron chi connectivity index (χ4n) is 2.23.